The number of nitrogens with zero attached hydrogens (tertiary/aromatic N) is 3. The van der Waals surface area contributed by atoms with Crippen molar-refractivity contribution in [1.82, 2.24) is 14.9 Å². The summed E-state index contributed by atoms with van der Waals surface area (Å²) in [6.07, 6.45) is 6.12. The smallest absolute Gasteiger partial charge is 0.178 e. The normalized spacial score (nSPS) is 22.6. The molecule has 0 amide bonds. The first kappa shape index (κ1) is 12.4. The van der Waals surface area contributed by atoms with Crippen molar-refractivity contribution < 1.29 is 8.42 Å². The molecule has 1 fully saturated rings. The predicted molar refractivity (Wildman–Crippen MR) is 64.6 cm³/mol. The van der Waals surface area contributed by atoms with Gasteiger partial charge in [-0.25, -0.2) is 18.4 Å². The third kappa shape index (κ3) is 2.81. The summed E-state index contributed by atoms with van der Waals surface area (Å²) >= 11 is 0. The maximum atomic E-state index is 11.7. The van der Waals surface area contributed by atoms with E-state index < -0.39 is 9.84 Å². The first-order valence-electron chi connectivity index (χ1n) is 5.67. The van der Waals surface area contributed by atoms with Gasteiger partial charge in [0.25, 0.3) is 0 Å². The summed E-state index contributed by atoms with van der Waals surface area (Å²) in [6.45, 7) is 1.93. The van der Waals surface area contributed by atoms with Crippen molar-refractivity contribution in [3.8, 4) is 0 Å². The number of hydrogen-bond acceptors (Lipinski definition) is 5. The van der Waals surface area contributed by atoms with Crippen molar-refractivity contribution >= 4 is 9.84 Å². The van der Waals surface area contributed by atoms with Crippen LogP contribution in [0.25, 0.3) is 0 Å². The van der Waals surface area contributed by atoms with Gasteiger partial charge in [-0.3, -0.25) is 0 Å². The molecule has 1 aromatic heterocycles. The molecule has 0 N–H and O–H groups in total. The van der Waals surface area contributed by atoms with E-state index in [-0.39, 0.29) is 10.8 Å². The molecule has 2 rings (SSSR count). The van der Waals surface area contributed by atoms with Gasteiger partial charge in [-0.15, -0.1) is 0 Å². The Bertz CT molecular complexity index is 501. The van der Waals surface area contributed by atoms with Crippen molar-refractivity contribution in [2.45, 2.75) is 23.7 Å². The Hall–Kier alpha value is -1.01. The van der Waals surface area contributed by atoms with Gasteiger partial charge in [0.15, 0.2) is 9.84 Å². The molecule has 0 aromatic carbocycles. The molecule has 1 atom stereocenters. The van der Waals surface area contributed by atoms with E-state index in [1.807, 2.05) is 7.05 Å². The van der Waals surface area contributed by atoms with E-state index in [0.29, 0.717) is 5.69 Å². The molecule has 0 radical (unpaired) electrons. The zero-order valence-corrected chi connectivity index (χ0v) is 10.9. The molecule has 1 aromatic rings. The highest BCUT2D eigenvalue weighted by Gasteiger charge is 2.25. The SMILES string of the molecule is CN1CCCC(c2ncncc2S(C)(=O)=O)C1. The van der Waals surface area contributed by atoms with Crippen molar-refractivity contribution in [1.29, 1.82) is 0 Å². The Labute approximate surface area is 102 Å². The standard InChI is InChI=1S/C11H17N3O2S/c1-14-5-3-4-9(7-14)11-10(17(2,15)16)6-12-8-13-11/h6,8-9H,3-5,7H2,1-2H3. The number of likely N-dealkylation sites (tertiary alicyclic amines) is 1. The minimum absolute atomic E-state index is 0.196. The molecule has 2 heterocycles. The monoisotopic (exact) mass is 255 g/mol. The number of piperidine rings is 1. The molecular weight excluding hydrogens is 238 g/mol. The van der Waals surface area contributed by atoms with E-state index in [1.54, 1.807) is 0 Å². The summed E-state index contributed by atoms with van der Waals surface area (Å²) in [5.74, 6) is 0.196. The largest absolute Gasteiger partial charge is 0.306 e. The van der Waals surface area contributed by atoms with E-state index in [4.69, 9.17) is 0 Å². The number of sulfone groups is 1. The molecule has 0 saturated carbocycles. The van der Waals surface area contributed by atoms with Gasteiger partial charge in [0, 0.05) is 24.9 Å². The van der Waals surface area contributed by atoms with Gasteiger partial charge in [-0.2, -0.15) is 0 Å². The first-order valence-corrected chi connectivity index (χ1v) is 7.56. The summed E-state index contributed by atoms with van der Waals surface area (Å²) in [5.41, 5.74) is 0.675. The lowest BCUT2D eigenvalue weighted by atomic mass is 9.95. The van der Waals surface area contributed by atoms with E-state index in [2.05, 4.69) is 14.9 Å². The van der Waals surface area contributed by atoms with Crippen LogP contribution in [0, 0.1) is 0 Å². The quantitative estimate of drug-likeness (QED) is 0.778. The summed E-state index contributed by atoms with van der Waals surface area (Å²) in [4.78, 5) is 10.5. The average Bonchev–Trinajstić information content (AvgIpc) is 2.28. The number of rotatable bonds is 2. The minimum Gasteiger partial charge on any atom is -0.306 e. The lowest BCUT2D eigenvalue weighted by Crippen LogP contribution is -2.32. The van der Waals surface area contributed by atoms with Crippen LogP contribution in [0.2, 0.25) is 0 Å². The third-order valence-corrected chi connectivity index (χ3v) is 4.23. The summed E-state index contributed by atoms with van der Waals surface area (Å²) in [6, 6.07) is 0. The molecule has 17 heavy (non-hydrogen) atoms. The molecule has 1 aliphatic rings. The van der Waals surface area contributed by atoms with Crippen LogP contribution in [-0.4, -0.2) is 49.7 Å². The Balaban J connectivity index is 2.38. The van der Waals surface area contributed by atoms with Gasteiger partial charge in [0.1, 0.15) is 11.2 Å². The number of aromatic nitrogens is 2. The number of likely N-dealkylation sites (N-methyl/N-ethyl adjacent to an activating group) is 1. The van der Waals surface area contributed by atoms with Crippen LogP contribution in [0.1, 0.15) is 24.5 Å². The maximum Gasteiger partial charge on any atom is 0.178 e. The lowest BCUT2D eigenvalue weighted by Gasteiger charge is -2.29. The van der Waals surface area contributed by atoms with Crippen LogP contribution in [0.4, 0.5) is 0 Å². The van der Waals surface area contributed by atoms with Gasteiger partial charge >= 0.3 is 0 Å². The van der Waals surface area contributed by atoms with Gasteiger partial charge in [-0.1, -0.05) is 0 Å². The van der Waals surface area contributed by atoms with Crippen LogP contribution < -0.4 is 0 Å². The highest BCUT2D eigenvalue weighted by Crippen LogP contribution is 2.28. The highest BCUT2D eigenvalue weighted by atomic mass is 32.2. The molecule has 1 unspecified atom stereocenters. The molecule has 94 valence electrons. The van der Waals surface area contributed by atoms with Gasteiger partial charge < -0.3 is 4.90 Å². The summed E-state index contributed by atoms with van der Waals surface area (Å²) < 4.78 is 23.4. The van der Waals surface area contributed by atoms with Crippen molar-refractivity contribution in [2.75, 3.05) is 26.4 Å². The van der Waals surface area contributed by atoms with Crippen LogP contribution >= 0.6 is 0 Å². The molecule has 0 aliphatic carbocycles. The molecular formula is C11H17N3O2S. The average molecular weight is 255 g/mol. The Morgan fingerprint density at radius 1 is 1.47 bits per heavy atom. The number of hydrogen-bond donors (Lipinski definition) is 0. The van der Waals surface area contributed by atoms with E-state index in [9.17, 15) is 8.42 Å². The Morgan fingerprint density at radius 2 is 2.24 bits per heavy atom. The van der Waals surface area contributed by atoms with E-state index in [1.165, 1.54) is 18.8 Å². The van der Waals surface area contributed by atoms with Crippen molar-refractivity contribution in [3.05, 3.63) is 18.2 Å². The predicted octanol–water partition coefficient (Wildman–Crippen LogP) is 0.689. The van der Waals surface area contributed by atoms with Gasteiger partial charge in [0.2, 0.25) is 0 Å². The van der Waals surface area contributed by atoms with E-state index >= 15 is 0 Å². The van der Waals surface area contributed by atoms with Crippen LogP contribution in [-0.2, 0) is 9.84 Å². The molecule has 6 heteroatoms. The molecule has 0 bridgehead atoms. The second-order valence-corrected chi connectivity index (χ2v) is 6.63. The zero-order valence-electron chi connectivity index (χ0n) is 10.1. The highest BCUT2D eigenvalue weighted by molar-refractivity contribution is 7.90. The fraction of sp³-hybridized carbons (Fsp3) is 0.636. The van der Waals surface area contributed by atoms with E-state index in [0.717, 1.165) is 25.9 Å². The van der Waals surface area contributed by atoms with Gasteiger partial charge in [0.05, 0.1) is 5.69 Å². The molecule has 0 spiro atoms. The van der Waals surface area contributed by atoms with Gasteiger partial charge in [-0.05, 0) is 26.4 Å². The Morgan fingerprint density at radius 3 is 2.88 bits per heavy atom. The van der Waals surface area contributed by atoms with Crippen LogP contribution in [0.15, 0.2) is 17.4 Å². The first-order chi connectivity index (χ1) is 7.98. The maximum absolute atomic E-state index is 11.7. The van der Waals surface area contributed by atoms with Crippen LogP contribution in [0.5, 0.6) is 0 Å². The summed E-state index contributed by atoms with van der Waals surface area (Å²) in [7, 11) is -1.19. The third-order valence-electron chi connectivity index (χ3n) is 3.12. The molecule has 5 nitrogen and oxygen atoms in total. The molecule has 1 aliphatic heterocycles. The minimum atomic E-state index is -3.24. The van der Waals surface area contributed by atoms with Crippen molar-refractivity contribution in [2.24, 2.45) is 0 Å². The molecule has 1 saturated heterocycles. The van der Waals surface area contributed by atoms with Crippen LogP contribution in [0.3, 0.4) is 0 Å². The fourth-order valence-electron chi connectivity index (χ4n) is 2.31. The zero-order chi connectivity index (χ0) is 12.5. The second kappa shape index (κ2) is 4.70. The topological polar surface area (TPSA) is 63.2 Å². The Kier molecular flexibility index (Phi) is 3.44. The summed E-state index contributed by atoms with van der Waals surface area (Å²) in [5, 5.41) is 0. The second-order valence-electron chi connectivity index (χ2n) is 4.65. The lowest BCUT2D eigenvalue weighted by molar-refractivity contribution is 0.246. The fourth-order valence-corrected chi connectivity index (χ4v) is 3.16. The van der Waals surface area contributed by atoms with Crippen molar-refractivity contribution in [3.63, 3.8) is 0 Å².